The first-order valence-corrected chi connectivity index (χ1v) is 7.09. The van der Waals surface area contributed by atoms with Crippen LogP contribution < -0.4 is 5.73 Å². The SMILES string of the molecule is CN(C)CCOC(=O)C(N)Cc1cn(C)c2ccccc12. The van der Waals surface area contributed by atoms with E-state index in [1.54, 1.807) is 0 Å². The van der Waals surface area contributed by atoms with Crippen LogP contribution in [0, 0.1) is 0 Å². The minimum absolute atomic E-state index is 0.343. The number of carbonyl (C=O) groups is 1. The number of carbonyl (C=O) groups excluding carboxylic acids is 1. The minimum atomic E-state index is -0.627. The molecule has 0 aliphatic rings. The molecular formula is C16H23N3O2. The van der Waals surface area contributed by atoms with Crippen LogP contribution in [0.2, 0.25) is 0 Å². The number of aromatic nitrogens is 1. The lowest BCUT2D eigenvalue weighted by Crippen LogP contribution is -2.35. The van der Waals surface area contributed by atoms with Crippen LogP contribution in [-0.2, 0) is 23.0 Å². The maximum atomic E-state index is 11.9. The number of rotatable bonds is 6. The maximum Gasteiger partial charge on any atom is 0.323 e. The van der Waals surface area contributed by atoms with Gasteiger partial charge in [0, 0.05) is 37.1 Å². The highest BCUT2D eigenvalue weighted by atomic mass is 16.5. The van der Waals surface area contributed by atoms with Crippen LogP contribution in [0.25, 0.3) is 10.9 Å². The first-order chi connectivity index (χ1) is 9.99. The molecule has 2 N–H and O–H groups in total. The van der Waals surface area contributed by atoms with Crippen molar-refractivity contribution in [2.24, 2.45) is 12.8 Å². The van der Waals surface area contributed by atoms with Gasteiger partial charge in [0.25, 0.3) is 0 Å². The second kappa shape index (κ2) is 6.74. The molecule has 0 spiro atoms. The molecule has 0 aliphatic carbocycles. The van der Waals surface area contributed by atoms with Crippen LogP contribution >= 0.6 is 0 Å². The molecule has 0 aliphatic heterocycles. The molecule has 114 valence electrons. The van der Waals surface area contributed by atoms with Gasteiger partial charge in [-0.05, 0) is 25.7 Å². The first kappa shape index (κ1) is 15.5. The minimum Gasteiger partial charge on any atom is -0.463 e. The van der Waals surface area contributed by atoms with Gasteiger partial charge in [0.15, 0.2) is 0 Å². The quantitative estimate of drug-likeness (QED) is 0.811. The third-order valence-electron chi connectivity index (χ3n) is 3.50. The molecule has 0 fully saturated rings. The lowest BCUT2D eigenvalue weighted by molar-refractivity contribution is -0.145. The fourth-order valence-corrected chi connectivity index (χ4v) is 2.34. The van der Waals surface area contributed by atoms with Crippen molar-refractivity contribution in [1.82, 2.24) is 9.47 Å². The molecule has 0 amide bonds. The number of benzene rings is 1. The Kier molecular flexibility index (Phi) is 4.98. The smallest absolute Gasteiger partial charge is 0.323 e. The number of likely N-dealkylation sites (N-methyl/N-ethyl adjacent to an activating group) is 1. The average Bonchev–Trinajstić information content (AvgIpc) is 2.75. The largest absolute Gasteiger partial charge is 0.463 e. The van der Waals surface area contributed by atoms with Gasteiger partial charge in [0.2, 0.25) is 0 Å². The summed E-state index contributed by atoms with van der Waals surface area (Å²) in [6, 6.07) is 7.47. The molecule has 2 aromatic rings. The Hall–Kier alpha value is -1.85. The predicted molar refractivity (Wildman–Crippen MR) is 84.1 cm³/mol. The summed E-state index contributed by atoms with van der Waals surface area (Å²) < 4.78 is 7.24. The Morgan fingerprint density at radius 1 is 1.38 bits per heavy atom. The van der Waals surface area contributed by atoms with Gasteiger partial charge in [0.1, 0.15) is 12.6 Å². The Bertz CT molecular complexity index is 619. The number of esters is 1. The summed E-state index contributed by atoms with van der Waals surface area (Å²) in [6.45, 7) is 1.07. The Labute approximate surface area is 125 Å². The number of fused-ring (bicyclic) bond motifs is 1. The van der Waals surface area contributed by atoms with E-state index in [9.17, 15) is 4.79 Å². The molecule has 5 nitrogen and oxygen atoms in total. The van der Waals surface area contributed by atoms with E-state index in [-0.39, 0.29) is 5.97 Å². The summed E-state index contributed by atoms with van der Waals surface area (Å²) in [5, 5.41) is 1.14. The van der Waals surface area contributed by atoms with E-state index in [1.165, 1.54) is 0 Å². The van der Waals surface area contributed by atoms with Crippen molar-refractivity contribution in [3.05, 3.63) is 36.0 Å². The van der Waals surface area contributed by atoms with Crippen LogP contribution in [-0.4, -0.2) is 48.7 Å². The van der Waals surface area contributed by atoms with Crippen molar-refractivity contribution in [2.45, 2.75) is 12.5 Å². The first-order valence-electron chi connectivity index (χ1n) is 7.09. The number of aryl methyl sites for hydroxylation is 1. The Balaban J connectivity index is 2.01. The molecule has 1 unspecified atom stereocenters. The van der Waals surface area contributed by atoms with Crippen molar-refractivity contribution in [3.8, 4) is 0 Å². The number of para-hydroxylation sites is 1. The molecule has 0 radical (unpaired) electrons. The van der Waals surface area contributed by atoms with E-state index in [0.717, 1.165) is 16.5 Å². The van der Waals surface area contributed by atoms with Gasteiger partial charge in [-0.15, -0.1) is 0 Å². The molecule has 5 heteroatoms. The van der Waals surface area contributed by atoms with Gasteiger partial charge in [-0.2, -0.15) is 0 Å². The highest BCUT2D eigenvalue weighted by molar-refractivity contribution is 5.85. The zero-order valence-corrected chi connectivity index (χ0v) is 12.9. The summed E-state index contributed by atoms with van der Waals surface area (Å²) in [5.74, 6) is -0.343. The molecule has 0 saturated heterocycles. The van der Waals surface area contributed by atoms with Crippen molar-refractivity contribution in [3.63, 3.8) is 0 Å². The van der Waals surface area contributed by atoms with E-state index in [2.05, 4.69) is 16.7 Å². The summed E-state index contributed by atoms with van der Waals surface area (Å²) in [6.07, 6.45) is 2.51. The Morgan fingerprint density at radius 2 is 2.10 bits per heavy atom. The topological polar surface area (TPSA) is 60.5 Å². The van der Waals surface area contributed by atoms with Gasteiger partial charge in [-0.25, -0.2) is 0 Å². The van der Waals surface area contributed by atoms with Crippen LogP contribution in [0.1, 0.15) is 5.56 Å². The summed E-state index contributed by atoms with van der Waals surface area (Å²) in [4.78, 5) is 13.9. The van der Waals surface area contributed by atoms with E-state index in [0.29, 0.717) is 19.6 Å². The van der Waals surface area contributed by atoms with Gasteiger partial charge in [-0.1, -0.05) is 18.2 Å². The zero-order valence-electron chi connectivity index (χ0n) is 12.9. The van der Waals surface area contributed by atoms with E-state index in [4.69, 9.17) is 10.5 Å². The second-order valence-corrected chi connectivity index (χ2v) is 5.56. The van der Waals surface area contributed by atoms with Crippen LogP contribution in [0.15, 0.2) is 30.5 Å². The molecule has 2 rings (SSSR count). The fraction of sp³-hybridized carbons (Fsp3) is 0.438. The Morgan fingerprint density at radius 3 is 2.81 bits per heavy atom. The van der Waals surface area contributed by atoms with Crippen molar-refractivity contribution in [2.75, 3.05) is 27.2 Å². The van der Waals surface area contributed by atoms with Crippen molar-refractivity contribution in [1.29, 1.82) is 0 Å². The lowest BCUT2D eigenvalue weighted by Gasteiger charge is -2.13. The van der Waals surface area contributed by atoms with Crippen molar-refractivity contribution >= 4 is 16.9 Å². The molecule has 0 bridgehead atoms. The highest BCUT2D eigenvalue weighted by Gasteiger charge is 2.18. The van der Waals surface area contributed by atoms with E-state index >= 15 is 0 Å². The number of ether oxygens (including phenoxy) is 1. The van der Waals surface area contributed by atoms with Crippen LogP contribution in [0.3, 0.4) is 0 Å². The molecule has 21 heavy (non-hydrogen) atoms. The lowest BCUT2D eigenvalue weighted by atomic mass is 10.1. The average molecular weight is 289 g/mol. The van der Waals surface area contributed by atoms with E-state index in [1.807, 2.05) is 44.4 Å². The van der Waals surface area contributed by atoms with Gasteiger partial charge < -0.3 is 19.9 Å². The third kappa shape index (κ3) is 3.83. The fourth-order valence-electron chi connectivity index (χ4n) is 2.34. The van der Waals surface area contributed by atoms with Crippen LogP contribution in [0.4, 0.5) is 0 Å². The summed E-state index contributed by atoms with van der Waals surface area (Å²) in [5.41, 5.74) is 8.18. The van der Waals surface area contributed by atoms with Gasteiger partial charge in [-0.3, -0.25) is 4.79 Å². The molecule has 1 aromatic heterocycles. The predicted octanol–water partition coefficient (Wildman–Crippen LogP) is 1.15. The molecule has 1 heterocycles. The molecule has 1 atom stereocenters. The number of hydrogen-bond acceptors (Lipinski definition) is 4. The summed E-state index contributed by atoms with van der Waals surface area (Å²) >= 11 is 0. The maximum absolute atomic E-state index is 11.9. The van der Waals surface area contributed by atoms with Gasteiger partial charge >= 0.3 is 5.97 Å². The standard InChI is InChI=1S/C16H23N3O2/c1-18(2)8-9-21-16(20)14(17)10-12-11-19(3)15-7-5-4-6-13(12)15/h4-7,11,14H,8-10,17H2,1-3H3. The second-order valence-electron chi connectivity index (χ2n) is 5.56. The van der Waals surface area contributed by atoms with E-state index < -0.39 is 6.04 Å². The normalized spacial score (nSPS) is 12.8. The monoisotopic (exact) mass is 289 g/mol. The third-order valence-corrected chi connectivity index (χ3v) is 3.50. The zero-order chi connectivity index (χ0) is 15.4. The number of nitrogens with zero attached hydrogens (tertiary/aromatic N) is 2. The number of nitrogens with two attached hydrogens (primary N) is 1. The molecule has 0 saturated carbocycles. The molecule has 1 aromatic carbocycles. The van der Waals surface area contributed by atoms with Crippen molar-refractivity contribution < 1.29 is 9.53 Å². The highest BCUT2D eigenvalue weighted by Crippen LogP contribution is 2.21. The number of hydrogen-bond donors (Lipinski definition) is 1. The van der Waals surface area contributed by atoms with Crippen LogP contribution in [0.5, 0.6) is 0 Å². The van der Waals surface area contributed by atoms with Gasteiger partial charge in [0.05, 0.1) is 0 Å². The summed E-state index contributed by atoms with van der Waals surface area (Å²) in [7, 11) is 5.86. The molecular weight excluding hydrogens is 266 g/mol.